The quantitative estimate of drug-likeness (QED) is 0.532. The third-order valence-electron chi connectivity index (χ3n) is 6.45. The van der Waals surface area contributed by atoms with E-state index in [1.165, 1.54) is 16.3 Å². The van der Waals surface area contributed by atoms with Crippen molar-refractivity contribution >= 4 is 28.7 Å². The number of carbonyl (C=O) groups excluding carboxylic acids is 1. The van der Waals surface area contributed by atoms with Gasteiger partial charge in [0.15, 0.2) is 5.71 Å². The number of hydrogen-bond donors (Lipinski definition) is 1. The number of aromatic nitrogens is 2. The number of carbonyl (C=O) groups is 1. The van der Waals surface area contributed by atoms with Crippen LogP contribution in [0.4, 0.5) is 0 Å². The SMILES string of the molecule is Cc1ccccc1C1=NN([C@H]2CCCC[C@@H]2O)C(=O)/C1=N/N(C)Cc1ccc(-c2cscn2)nc1. The molecular formula is C26H28N6O2S. The van der Waals surface area contributed by atoms with Gasteiger partial charge in [0.05, 0.1) is 35.6 Å². The van der Waals surface area contributed by atoms with Gasteiger partial charge >= 0.3 is 0 Å². The maximum atomic E-state index is 13.5. The lowest BCUT2D eigenvalue weighted by molar-refractivity contribution is -0.129. The van der Waals surface area contributed by atoms with Gasteiger partial charge in [-0.1, -0.05) is 43.2 Å². The summed E-state index contributed by atoms with van der Waals surface area (Å²) in [5.41, 5.74) is 7.17. The van der Waals surface area contributed by atoms with E-state index in [1.54, 1.807) is 10.5 Å². The molecule has 2 aliphatic rings. The lowest BCUT2D eigenvalue weighted by atomic mass is 9.92. The summed E-state index contributed by atoms with van der Waals surface area (Å²) in [5, 5.41) is 25.2. The third kappa shape index (κ3) is 4.87. The lowest BCUT2D eigenvalue weighted by Crippen LogP contribution is -2.45. The van der Waals surface area contributed by atoms with Crippen molar-refractivity contribution < 1.29 is 9.90 Å². The Morgan fingerprint density at radius 3 is 2.69 bits per heavy atom. The lowest BCUT2D eigenvalue weighted by Gasteiger charge is -2.32. The first-order valence-corrected chi connectivity index (χ1v) is 12.8. The molecule has 0 spiro atoms. The molecule has 3 heterocycles. The molecule has 1 fully saturated rings. The molecule has 1 saturated carbocycles. The van der Waals surface area contributed by atoms with Crippen LogP contribution in [0.2, 0.25) is 0 Å². The Morgan fingerprint density at radius 2 is 1.97 bits per heavy atom. The maximum absolute atomic E-state index is 13.5. The molecule has 5 rings (SSSR count). The zero-order chi connectivity index (χ0) is 24.4. The Bertz CT molecular complexity index is 1260. The van der Waals surface area contributed by atoms with Crippen molar-refractivity contribution in [2.24, 2.45) is 10.2 Å². The monoisotopic (exact) mass is 488 g/mol. The summed E-state index contributed by atoms with van der Waals surface area (Å²) in [5.74, 6) is -0.266. The van der Waals surface area contributed by atoms with Gasteiger partial charge in [-0.05, 0) is 37.0 Å². The summed E-state index contributed by atoms with van der Waals surface area (Å²) < 4.78 is 0. The van der Waals surface area contributed by atoms with Gasteiger partial charge in [-0.3, -0.25) is 14.8 Å². The van der Waals surface area contributed by atoms with Gasteiger partial charge in [-0.15, -0.1) is 11.3 Å². The molecule has 1 N–H and O–H groups in total. The smallest absolute Gasteiger partial charge is 0.297 e. The molecule has 1 aliphatic carbocycles. The second-order valence-corrected chi connectivity index (χ2v) is 9.74. The number of hydrazone groups is 2. The van der Waals surface area contributed by atoms with Gasteiger partial charge < -0.3 is 5.11 Å². The summed E-state index contributed by atoms with van der Waals surface area (Å²) in [7, 11) is 1.84. The minimum absolute atomic E-state index is 0.266. The van der Waals surface area contributed by atoms with Crippen molar-refractivity contribution in [2.75, 3.05) is 7.05 Å². The Morgan fingerprint density at radius 1 is 1.14 bits per heavy atom. The first kappa shape index (κ1) is 23.3. The minimum Gasteiger partial charge on any atom is -0.391 e. The molecule has 0 unspecified atom stereocenters. The van der Waals surface area contributed by atoms with Crippen molar-refractivity contribution in [3.8, 4) is 11.4 Å². The molecule has 180 valence electrons. The molecule has 35 heavy (non-hydrogen) atoms. The second kappa shape index (κ2) is 10.1. The second-order valence-electron chi connectivity index (χ2n) is 9.02. The van der Waals surface area contributed by atoms with Crippen molar-refractivity contribution in [3.05, 3.63) is 70.2 Å². The van der Waals surface area contributed by atoms with Crippen LogP contribution >= 0.6 is 11.3 Å². The Balaban J connectivity index is 1.42. The highest BCUT2D eigenvalue weighted by Crippen LogP contribution is 2.28. The summed E-state index contributed by atoms with van der Waals surface area (Å²) in [6.45, 7) is 2.48. The fraction of sp³-hybridized carbons (Fsp3) is 0.346. The third-order valence-corrected chi connectivity index (χ3v) is 7.04. The number of nitrogens with zero attached hydrogens (tertiary/aromatic N) is 6. The van der Waals surface area contributed by atoms with E-state index in [0.717, 1.165) is 47.3 Å². The Hall–Kier alpha value is -3.43. The molecule has 2 atom stereocenters. The van der Waals surface area contributed by atoms with Gasteiger partial charge in [0.1, 0.15) is 5.71 Å². The Labute approximate surface area is 208 Å². The van der Waals surface area contributed by atoms with Crippen LogP contribution in [0, 0.1) is 6.92 Å². The number of aliphatic hydroxyl groups excluding tert-OH is 1. The van der Waals surface area contributed by atoms with Crippen molar-refractivity contribution in [1.29, 1.82) is 0 Å². The molecule has 1 amide bonds. The fourth-order valence-corrected chi connectivity index (χ4v) is 5.15. The molecule has 1 aromatic carbocycles. The van der Waals surface area contributed by atoms with Crippen LogP contribution < -0.4 is 0 Å². The number of aryl methyl sites for hydroxylation is 1. The normalized spacial score (nSPS) is 21.5. The molecule has 0 saturated heterocycles. The first-order chi connectivity index (χ1) is 17.0. The van der Waals surface area contributed by atoms with Crippen LogP contribution in [0.3, 0.4) is 0 Å². The number of aliphatic hydroxyl groups is 1. The van der Waals surface area contributed by atoms with Gasteiger partial charge in [0, 0.05) is 24.2 Å². The zero-order valence-corrected chi connectivity index (χ0v) is 20.6. The van der Waals surface area contributed by atoms with E-state index >= 15 is 0 Å². The predicted octanol–water partition coefficient (Wildman–Crippen LogP) is 3.85. The number of pyridine rings is 1. The van der Waals surface area contributed by atoms with Crippen molar-refractivity contribution in [3.63, 3.8) is 0 Å². The van der Waals surface area contributed by atoms with Gasteiger partial charge in [0.2, 0.25) is 0 Å². The fourth-order valence-electron chi connectivity index (χ4n) is 4.60. The number of hydrogen-bond acceptors (Lipinski definition) is 8. The van der Waals surface area contributed by atoms with E-state index in [4.69, 9.17) is 10.2 Å². The van der Waals surface area contributed by atoms with E-state index in [9.17, 15) is 9.90 Å². The number of rotatable bonds is 6. The van der Waals surface area contributed by atoms with Crippen LogP contribution in [-0.2, 0) is 11.3 Å². The average molecular weight is 489 g/mol. The van der Waals surface area contributed by atoms with E-state index in [1.807, 2.05) is 61.9 Å². The summed E-state index contributed by atoms with van der Waals surface area (Å²) in [6.07, 6.45) is 4.58. The highest BCUT2D eigenvalue weighted by Gasteiger charge is 2.41. The van der Waals surface area contributed by atoms with Gasteiger partial charge in [-0.25, -0.2) is 9.99 Å². The molecule has 0 bridgehead atoms. The number of benzene rings is 1. The highest BCUT2D eigenvalue weighted by atomic mass is 32.1. The van der Waals surface area contributed by atoms with E-state index < -0.39 is 6.10 Å². The Kier molecular flexibility index (Phi) is 6.70. The molecular weight excluding hydrogens is 460 g/mol. The van der Waals surface area contributed by atoms with Gasteiger partial charge in [0.25, 0.3) is 5.91 Å². The standard InChI is InChI=1S/C26H28N6O2S/c1-17-7-3-4-8-19(17)24-25(26(34)32(30-24)22-9-5-6-10-23(22)33)29-31(2)14-18-11-12-20(27-13-18)21-15-35-16-28-21/h3-4,7-8,11-13,15-16,22-23,33H,5-6,9-10,14H2,1-2H3/b29-25+/t22-,23-/m0/s1. The highest BCUT2D eigenvalue weighted by molar-refractivity contribution is 7.07. The molecule has 9 heteroatoms. The summed E-state index contributed by atoms with van der Waals surface area (Å²) in [6, 6.07) is 11.5. The molecule has 3 aromatic rings. The van der Waals surface area contributed by atoms with Crippen molar-refractivity contribution in [1.82, 2.24) is 20.0 Å². The number of thiazole rings is 1. The van der Waals surface area contributed by atoms with E-state index in [-0.39, 0.29) is 11.9 Å². The van der Waals surface area contributed by atoms with Crippen LogP contribution in [0.15, 0.2) is 63.7 Å². The largest absolute Gasteiger partial charge is 0.391 e. The van der Waals surface area contributed by atoms with Gasteiger partial charge in [-0.2, -0.15) is 10.2 Å². The maximum Gasteiger partial charge on any atom is 0.297 e. The molecule has 0 radical (unpaired) electrons. The summed E-state index contributed by atoms with van der Waals surface area (Å²) >= 11 is 1.54. The minimum atomic E-state index is -0.575. The van der Waals surface area contributed by atoms with E-state index in [2.05, 4.69) is 9.97 Å². The van der Waals surface area contributed by atoms with Crippen LogP contribution in [-0.4, -0.2) is 61.6 Å². The van der Waals surface area contributed by atoms with E-state index in [0.29, 0.717) is 24.4 Å². The first-order valence-electron chi connectivity index (χ1n) is 11.8. The molecule has 1 aliphatic heterocycles. The van der Waals surface area contributed by atoms with Crippen LogP contribution in [0.1, 0.15) is 42.4 Å². The average Bonchev–Trinajstić information content (AvgIpc) is 3.50. The molecule has 8 nitrogen and oxygen atoms in total. The van der Waals surface area contributed by atoms with Crippen LogP contribution in [0.25, 0.3) is 11.4 Å². The predicted molar refractivity (Wildman–Crippen MR) is 137 cm³/mol. The zero-order valence-electron chi connectivity index (χ0n) is 19.8. The number of amides is 1. The molecule has 2 aromatic heterocycles. The van der Waals surface area contributed by atoms with Crippen LogP contribution in [0.5, 0.6) is 0 Å². The topological polar surface area (TPSA) is 94.3 Å². The van der Waals surface area contributed by atoms with Crippen molar-refractivity contribution in [2.45, 2.75) is 51.3 Å². The summed E-state index contributed by atoms with van der Waals surface area (Å²) in [4.78, 5) is 22.4.